The Morgan fingerprint density at radius 2 is 2.50 bits per heavy atom. The van der Waals surface area contributed by atoms with Crippen LogP contribution < -0.4 is 18.9 Å². The summed E-state index contributed by atoms with van der Waals surface area (Å²) < 4.78 is 0. The van der Waals surface area contributed by atoms with E-state index >= 15 is 0 Å². The minimum absolute atomic E-state index is 0. The molecule has 0 aliphatic carbocycles. The zero-order valence-corrected chi connectivity index (χ0v) is 3.42. The second kappa shape index (κ2) is 2.88. The molecule has 0 unspecified atom stereocenters. The molecule has 28 valence electrons. The molecule has 5 heteroatoms. The van der Waals surface area contributed by atoms with Crippen LogP contribution in [0.3, 0.4) is 0 Å². The van der Waals surface area contributed by atoms with Gasteiger partial charge in [0.2, 0.25) is 0 Å². The van der Waals surface area contributed by atoms with E-state index in [0.717, 1.165) is 0 Å². The molecule has 0 atom stereocenters. The van der Waals surface area contributed by atoms with Crippen molar-refractivity contribution < 1.29 is 20.3 Å². The predicted molar refractivity (Wildman–Crippen MR) is 15.3 cm³/mol. The van der Waals surface area contributed by atoms with Gasteiger partial charge in [-0.2, -0.15) is 5.21 Å². The Hall–Kier alpha value is -0.333. The van der Waals surface area contributed by atoms with E-state index < -0.39 is 0 Å². The summed E-state index contributed by atoms with van der Waals surface area (Å²) in [5.74, 6) is 0. The van der Waals surface area contributed by atoms with Gasteiger partial charge in [0.25, 0.3) is 0 Å². The predicted octanol–water partition coefficient (Wildman–Crippen LogP) is -3.68. The summed E-state index contributed by atoms with van der Waals surface area (Å²) in [5.41, 5.74) is 0. The number of hydrogen-bond donors (Lipinski definition) is 1. The summed E-state index contributed by atoms with van der Waals surface area (Å²) in [6.45, 7) is 0. The first-order chi connectivity index (χ1) is 2.50. The largest absolute Gasteiger partial charge is 1.00 e. The molecule has 1 aromatic heterocycles. The maximum atomic E-state index is 3.38. The average molecular weight is 78.0 g/mol. The molecular formula is CH3LiN4. The molecule has 0 fully saturated rings. The second-order valence-electron chi connectivity index (χ2n) is 0.560. The van der Waals surface area contributed by atoms with Crippen LogP contribution in [-0.4, -0.2) is 20.6 Å². The van der Waals surface area contributed by atoms with Crippen molar-refractivity contribution in [2.24, 2.45) is 0 Å². The van der Waals surface area contributed by atoms with E-state index in [0.29, 0.717) is 0 Å². The Morgan fingerprint density at radius 3 is 2.67 bits per heavy atom. The van der Waals surface area contributed by atoms with Crippen LogP contribution in [0, 0.1) is 0 Å². The van der Waals surface area contributed by atoms with E-state index in [1.807, 2.05) is 0 Å². The van der Waals surface area contributed by atoms with E-state index in [4.69, 9.17) is 0 Å². The summed E-state index contributed by atoms with van der Waals surface area (Å²) in [6.07, 6.45) is 1.33. The monoisotopic (exact) mass is 78.1 g/mol. The fourth-order valence-electron chi connectivity index (χ4n) is 0.129. The van der Waals surface area contributed by atoms with E-state index in [1.54, 1.807) is 0 Å². The molecule has 4 nitrogen and oxygen atoms in total. The third-order valence-electron chi connectivity index (χ3n) is 0.270. The maximum Gasteiger partial charge on any atom is 1.00 e. The smallest absolute Gasteiger partial charge is 1.00 e. The van der Waals surface area contributed by atoms with Gasteiger partial charge in [0.1, 0.15) is 0 Å². The summed E-state index contributed by atoms with van der Waals surface area (Å²) in [6, 6.07) is 0. The zero-order chi connectivity index (χ0) is 3.54. The van der Waals surface area contributed by atoms with Crippen molar-refractivity contribution in [3.05, 3.63) is 6.33 Å². The van der Waals surface area contributed by atoms with Gasteiger partial charge in [0.15, 0.2) is 6.33 Å². The third kappa shape index (κ3) is 1.20. The van der Waals surface area contributed by atoms with Gasteiger partial charge in [-0.15, -0.1) is 10.2 Å². The number of nitrogens with one attached hydrogen (secondary N) is 1. The molecule has 0 aliphatic rings. The van der Waals surface area contributed by atoms with Crippen molar-refractivity contribution in [3.63, 3.8) is 0 Å². The molecule has 0 amide bonds. The van der Waals surface area contributed by atoms with E-state index in [-0.39, 0.29) is 20.3 Å². The van der Waals surface area contributed by atoms with Crippen molar-refractivity contribution in [2.75, 3.05) is 0 Å². The molecule has 6 heavy (non-hydrogen) atoms. The first-order valence-electron chi connectivity index (χ1n) is 1.16. The number of nitrogens with zero attached hydrogens (tertiary/aromatic N) is 3. The normalized spacial score (nSPS) is 6.67. The fraction of sp³-hybridized carbons (Fsp3) is 0. The Labute approximate surface area is 48.0 Å². The van der Waals surface area contributed by atoms with Crippen LogP contribution >= 0.6 is 0 Å². The molecule has 0 spiro atoms. The van der Waals surface area contributed by atoms with Gasteiger partial charge in [0, 0.05) is 0 Å². The van der Waals surface area contributed by atoms with Gasteiger partial charge in [-0.25, -0.2) is 0 Å². The standard InChI is InChI=1S/CH2N4.Li.H/c1-2-4-5-3-1;;/h1H,(H,2,3,4,5);;/q;+1;-1. The van der Waals surface area contributed by atoms with Crippen molar-refractivity contribution in [1.29, 1.82) is 0 Å². The molecule has 0 bridgehead atoms. The van der Waals surface area contributed by atoms with Gasteiger partial charge >= 0.3 is 18.9 Å². The SMILES string of the molecule is [H-].[Li+].c1nn[nH]n1. The number of aromatic amines is 1. The Bertz CT molecular complexity index is 68.2. The number of tetrazole rings is 1. The molecule has 1 rings (SSSR count). The van der Waals surface area contributed by atoms with Crippen molar-refractivity contribution in [2.45, 2.75) is 0 Å². The van der Waals surface area contributed by atoms with Crippen molar-refractivity contribution in [3.8, 4) is 0 Å². The topological polar surface area (TPSA) is 54.5 Å². The molecule has 1 N–H and O–H groups in total. The van der Waals surface area contributed by atoms with Crippen LogP contribution in [0.1, 0.15) is 1.43 Å². The summed E-state index contributed by atoms with van der Waals surface area (Å²) in [4.78, 5) is 0. The molecule has 0 aromatic carbocycles. The molecule has 1 aromatic rings. The quantitative estimate of drug-likeness (QED) is 0.325. The molecule has 0 saturated heterocycles. The number of aromatic nitrogens is 4. The van der Waals surface area contributed by atoms with Crippen molar-refractivity contribution in [1.82, 2.24) is 20.6 Å². The molecule has 0 radical (unpaired) electrons. The average Bonchev–Trinajstić information content (AvgIpc) is 1.76. The Kier molecular flexibility index (Phi) is 2.72. The molecule has 0 saturated carbocycles. The number of hydrogen-bond acceptors (Lipinski definition) is 3. The fourth-order valence-corrected chi connectivity index (χ4v) is 0.129. The Morgan fingerprint density at radius 1 is 1.67 bits per heavy atom. The minimum atomic E-state index is 0. The first kappa shape index (κ1) is 5.67. The minimum Gasteiger partial charge on any atom is -1.00 e. The van der Waals surface area contributed by atoms with Gasteiger partial charge < -0.3 is 1.43 Å². The van der Waals surface area contributed by atoms with Crippen LogP contribution in [0.2, 0.25) is 0 Å². The van der Waals surface area contributed by atoms with E-state index in [2.05, 4.69) is 20.6 Å². The van der Waals surface area contributed by atoms with Gasteiger partial charge in [-0.05, 0) is 0 Å². The van der Waals surface area contributed by atoms with Gasteiger partial charge in [-0.1, -0.05) is 5.21 Å². The van der Waals surface area contributed by atoms with Crippen LogP contribution in [0.25, 0.3) is 0 Å². The molecular weight excluding hydrogens is 75.0 g/mol. The number of rotatable bonds is 0. The summed E-state index contributed by atoms with van der Waals surface area (Å²) in [7, 11) is 0. The van der Waals surface area contributed by atoms with Gasteiger partial charge in [0.05, 0.1) is 0 Å². The second-order valence-corrected chi connectivity index (χ2v) is 0.560. The van der Waals surface area contributed by atoms with Crippen LogP contribution in [0.4, 0.5) is 0 Å². The van der Waals surface area contributed by atoms with E-state index in [9.17, 15) is 0 Å². The first-order valence-corrected chi connectivity index (χ1v) is 1.16. The van der Waals surface area contributed by atoms with E-state index in [1.165, 1.54) is 6.33 Å². The molecule has 1 heterocycles. The summed E-state index contributed by atoms with van der Waals surface area (Å²) >= 11 is 0. The number of H-pyrrole nitrogens is 1. The van der Waals surface area contributed by atoms with Crippen molar-refractivity contribution >= 4 is 0 Å². The third-order valence-corrected chi connectivity index (χ3v) is 0.270. The van der Waals surface area contributed by atoms with Crippen LogP contribution in [-0.2, 0) is 0 Å². The van der Waals surface area contributed by atoms with Crippen LogP contribution in [0.5, 0.6) is 0 Å². The molecule has 0 aliphatic heterocycles. The zero-order valence-electron chi connectivity index (χ0n) is 4.42. The summed E-state index contributed by atoms with van der Waals surface area (Å²) in [5, 5.41) is 12.2. The van der Waals surface area contributed by atoms with Crippen LogP contribution in [0.15, 0.2) is 6.33 Å². The van der Waals surface area contributed by atoms with Gasteiger partial charge in [-0.3, -0.25) is 0 Å². The maximum absolute atomic E-state index is 3.38. The Balaban J connectivity index is 0.